The highest BCUT2D eigenvalue weighted by atomic mass is 79.9. The van der Waals surface area contributed by atoms with Crippen LogP contribution < -0.4 is 14.8 Å². The van der Waals surface area contributed by atoms with Crippen molar-refractivity contribution in [1.29, 1.82) is 0 Å². The first-order valence-corrected chi connectivity index (χ1v) is 6.92. The fourth-order valence-electron chi connectivity index (χ4n) is 1.59. The van der Waals surface area contributed by atoms with Crippen LogP contribution in [0.1, 0.15) is 26.3 Å². The zero-order valence-corrected chi connectivity index (χ0v) is 13.3. The van der Waals surface area contributed by atoms with Gasteiger partial charge >= 0.3 is 0 Å². The second-order valence-corrected chi connectivity index (χ2v) is 5.58. The largest absolute Gasteiger partial charge is 0.493 e. The molecule has 0 aromatic heterocycles. The third-order valence-corrected chi connectivity index (χ3v) is 3.71. The molecule has 18 heavy (non-hydrogen) atoms. The molecule has 102 valence electrons. The van der Waals surface area contributed by atoms with Crippen LogP contribution in [0, 0.1) is 5.92 Å². The van der Waals surface area contributed by atoms with E-state index in [-0.39, 0.29) is 0 Å². The van der Waals surface area contributed by atoms with Crippen LogP contribution >= 0.6 is 15.9 Å². The smallest absolute Gasteiger partial charge is 0.174 e. The molecule has 0 saturated heterocycles. The third kappa shape index (κ3) is 3.89. The Morgan fingerprint density at radius 2 is 1.83 bits per heavy atom. The first-order valence-electron chi connectivity index (χ1n) is 6.13. The molecule has 4 heteroatoms. The van der Waals surface area contributed by atoms with Gasteiger partial charge in [-0.25, -0.2) is 0 Å². The molecule has 1 unspecified atom stereocenters. The molecule has 1 N–H and O–H groups in total. The Balaban J connectivity index is 2.82. The summed E-state index contributed by atoms with van der Waals surface area (Å²) < 4.78 is 11.5. The summed E-state index contributed by atoms with van der Waals surface area (Å²) in [5.41, 5.74) is 1.17. The van der Waals surface area contributed by atoms with E-state index >= 15 is 0 Å². The Morgan fingerprint density at radius 1 is 1.17 bits per heavy atom. The minimum Gasteiger partial charge on any atom is -0.493 e. The van der Waals surface area contributed by atoms with E-state index in [1.54, 1.807) is 14.2 Å². The number of rotatable bonds is 6. The van der Waals surface area contributed by atoms with Gasteiger partial charge in [-0.15, -0.1) is 0 Å². The Morgan fingerprint density at radius 3 is 2.33 bits per heavy atom. The van der Waals surface area contributed by atoms with Gasteiger partial charge in [0.1, 0.15) is 0 Å². The van der Waals surface area contributed by atoms with Crippen molar-refractivity contribution in [3.63, 3.8) is 0 Å². The number of hydrogen-bond donors (Lipinski definition) is 1. The number of halogens is 1. The average Bonchev–Trinajstić information content (AvgIpc) is 2.34. The summed E-state index contributed by atoms with van der Waals surface area (Å²) >= 11 is 3.50. The Kier molecular flexibility index (Phi) is 5.96. The minimum atomic E-state index is 0.483. The van der Waals surface area contributed by atoms with Crippen molar-refractivity contribution in [2.45, 2.75) is 33.4 Å². The van der Waals surface area contributed by atoms with Gasteiger partial charge in [0.2, 0.25) is 0 Å². The molecule has 0 spiro atoms. The highest BCUT2D eigenvalue weighted by Crippen LogP contribution is 2.36. The lowest BCUT2D eigenvalue weighted by molar-refractivity contribution is 0.352. The van der Waals surface area contributed by atoms with Gasteiger partial charge in [-0.3, -0.25) is 0 Å². The van der Waals surface area contributed by atoms with Crippen LogP contribution in [0.4, 0.5) is 0 Å². The van der Waals surface area contributed by atoms with Crippen LogP contribution in [-0.2, 0) is 6.54 Å². The van der Waals surface area contributed by atoms with Gasteiger partial charge in [0, 0.05) is 12.6 Å². The van der Waals surface area contributed by atoms with Gasteiger partial charge in [0.15, 0.2) is 11.5 Å². The lowest BCUT2D eigenvalue weighted by atomic mass is 10.1. The van der Waals surface area contributed by atoms with E-state index in [0.29, 0.717) is 12.0 Å². The van der Waals surface area contributed by atoms with Crippen LogP contribution in [-0.4, -0.2) is 20.3 Å². The van der Waals surface area contributed by atoms with Crippen molar-refractivity contribution < 1.29 is 9.47 Å². The third-order valence-electron chi connectivity index (χ3n) is 3.12. The first kappa shape index (κ1) is 15.3. The fraction of sp³-hybridized carbons (Fsp3) is 0.571. The molecule has 1 atom stereocenters. The normalized spacial score (nSPS) is 12.6. The molecule has 0 aliphatic heterocycles. The van der Waals surface area contributed by atoms with Gasteiger partial charge in [-0.1, -0.05) is 13.8 Å². The van der Waals surface area contributed by atoms with E-state index in [9.17, 15) is 0 Å². The van der Waals surface area contributed by atoms with Gasteiger partial charge in [-0.2, -0.15) is 0 Å². The van der Waals surface area contributed by atoms with Crippen LogP contribution in [0.2, 0.25) is 0 Å². The molecule has 0 fully saturated rings. The highest BCUT2D eigenvalue weighted by molar-refractivity contribution is 9.10. The van der Waals surface area contributed by atoms with Crippen molar-refractivity contribution in [3.8, 4) is 11.5 Å². The molecule has 1 rings (SSSR count). The maximum atomic E-state index is 5.33. The predicted octanol–water partition coefficient (Wildman–Crippen LogP) is 3.60. The van der Waals surface area contributed by atoms with E-state index in [1.165, 1.54) is 5.56 Å². The van der Waals surface area contributed by atoms with E-state index in [4.69, 9.17) is 9.47 Å². The molecular weight excluding hydrogens is 294 g/mol. The van der Waals surface area contributed by atoms with Gasteiger partial charge in [0.25, 0.3) is 0 Å². The quantitative estimate of drug-likeness (QED) is 0.870. The number of benzene rings is 1. The zero-order valence-electron chi connectivity index (χ0n) is 11.7. The maximum absolute atomic E-state index is 5.33. The van der Waals surface area contributed by atoms with E-state index in [2.05, 4.69) is 48.1 Å². The highest BCUT2D eigenvalue weighted by Gasteiger charge is 2.11. The number of hydrogen-bond acceptors (Lipinski definition) is 3. The van der Waals surface area contributed by atoms with E-state index < -0.39 is 0 Å². The second-order valence-electron chi connectivity index (χ2n) is 4.73. The molecule has 3 nitrogen and oxygen atoms in total. The minimum absolute atomic E-state index is 0.483. The van der Waals surface area contributed by atoms with Crippen LogP contribution in [0.25, 0.3) is 0 Å². The van der Waals surface area contributed by atoms with Crippen molar-refractivity contribution in [3.05, 3.63) is 22.2 Å². The van der Waals surface area contributed by atoms with E-state index in [0.717, 1.165) is 22.5 Å². The van der Waals surface area contributed by atoms with Gasteiger partial charge in [0.05, 0.1) is 18.7 Å². The summed E-state index contributed by atoms with van der Waals surface area (Å²) in [7, 11) is 3.29. The maximum Gasteiger partial charge on any atom is 0.174 e. The molecule has 1 aromatic rings. The summed E-state index contributed by atoms with van der Waals surface area (Å²) in [6.45, 7) is 7.43. The Labute approximate surface area is 118 Å². The fourth-order valence-corrected chi connectivity index (χ4v) is 2.24. The summed E-state index contributed by atoms with van der Waals surface area (Å²) in [5.74, 6) is 2.10. The molecule has 0 bridgehead atoms. The number of methoxy groups -OCH3 is 2. The standard InChI is InChI=1S/C14H22BrNO2/c1-9(2)10(3)16-8-11-6-12(15)14(18-5)13(7-11)17-4/h6-7,9-10,16H,8H2,1-5H3. The summed E-state index contributed by atoms with van der Waals surface area (Å²) in [5, 5.41) is 3.50. The zero-order chi connectivity index (χ0) is 13.7. The topological polar surface area (TPSA) is 30.5 Å². The lowest BCUT2D eigenvalue weighted by Gasteiger charge is -2.18. The average molecular weight is 316 g/mol. The summed E-state index contributed by atoms with van der Waals surface area (Å²) in [4.78, 5) is 0. The monoisotopic (exact) mass is 315 g/mol. The van der Waals surface area contributed by atoms with Crippen molar-refractivity contribution in [2.24, 2.45) is 5.92 Å². The van der Waals surface area contributed by atoms with E-state index in [1.807, 2.05) is 6.07 Å². The van der Waals surface area contributed by atoms with Crippen molar-refractivity contribution in [2.75, 3.05) is 14.2 Å². The predicted molar refractivity (Wildman–Crippen MR) is 78.4 cm³/mol. The molecule has 1 aromatic carbocycles. The molecule has 0 heterocycles. The van der Waals surface area contributed by atoms with Crippen LogP contribution in [0.5, 0.6) is 11.5 Å². The van der Waals surface area contributed by atoms with Crippen molar-refractivity contribution >= 4 is 15.9 Å². The molecule has 0 amide bonds. The summed E-state index contributed by atoms with van der Waals surface area (Å²) in [6.07, 6.45) is 0. The molecule has 0 aliphatic rings. The molecular formula is C14H22BrNO2. The Bertz CT molecular complexity index is 394. The van der Waals surface area contributed by atoms with Crippen LogP contribution in [0.15, 0.2) is 16.6 Å². The lowest BCUT2D eigenvalue weighted by Crippen LogP contribution is -2.30. The molecule has 0 radical (unpaired) electrons. The van der Waals surface area contributed by atoms with Crippen LogP contribution in [0.3, 0.4) is 0 Å². The van der Waals surface area contributed by atoms with Gasteiger partial charge < -0.3 is 14.8 Å². The molecule has 0 saturated carbocycles. The number of nitrogens with one attached hydrogen (secondary N) is 1. The summed E-state index contributed by atoms with van der Waals surface area (Å²) in [6, 6.07) is 4.54. The first-order chi connectivity index (χ1) is 8.49. The second kappa shape index (κ2) is 7.00. The SMILES string of the molecule is COc1cc(CNC(C)C(C)C)cc(Br)c1OC. The molecule has 0 aliphatic carbocycles. The van der Waals surface area contributed by atoms with Crippen molar-refractivity contribution in [1.82, 2.24) is 5.32 Å². The number of ether oxygens (including phenoxy) is 2. The van der Waals surface area contributed by atoms with Gasteiger partial charge in [-0.05, 0) is 46.5 Å². The Hall–Kier alpha value is -0.740.